The van der Waals surface area contributed by atoms with Gasteiger partial charge in [-0.15, -0.1) is 10.2 Å². The minimum absolute atomic E-state index is 0.0441. The van der Waals surface area contributed by atoms with Gasteiger partial charge in [-0.2, -0.15) is 5.26 Å². The van der Waals surface area contributed by atoms with Crippen LogP contribution in [0.2, 0.25) is 5.02 Å². The van der Waals surface area contributed by atoms with Crippen molar-refractivity contribution in [1.82, 2.24) is 14.8 Å². The number of carboxylic acids is 1. The SMILES string of the molecule is N#Cc1ccc(Cn2cc(/C=C(\Sc3nnc(-c4ccc(Cl)cc4)o3)C(=O)O)c3ccccc32)cc1. The third-order valence-corrected chi connectivity index (χ3v) is 6.55. The van der Waals surface area contributed by atoms with Gasteiger partial charge < -0.3 is 14.1 Å². The number of benzene rings is 3. The number of carbonyl (C=O) groups is 1. The lowest BCUT2D eigenvalue weighted by atomic mass is 10.1. The maximum Gasteiger partial charge on any atom is 0.342 e. The number of fused-ring (bicyclic) bond motifs is 1. The summed E-state index contributed by atoms with van der Waals surface area (Å²) >= 11 is 6.82. The van der Waals surface area contributed by atoms with E-state index in [1.165, 1.54) is 0 Å². The first-order valence-corrected chi connectivity index (χ1v) is 12.0. The third kappa shape index (κ3) is 5.03. The summed E-state index contributed by atoms with van der Waals surface area (Å²) in [7, 11) is 0. The lowest BCUT2D eigenvalue weighted by Gasteiger charge is -2.05. The van der Waals surface area contributed by atoms with Crippen LogP contribution in [-0.2, 0) is 11.3 Å². The quantitative estimate of drug-likeness (QED) is 0.196. The number of rotatable bonds is 7. The molecule has 5 aromatic rings. The van der Waals surface area contributed by atoms with E-state index in [9.17, 15) is 9.90 Å². The lowest BCUT2D eigenvalue weighted by molar-refractivity contribution is -0.131. The molecule has 2 aromatic heterocycles. The molecule has 9 heteroatoms. The van der Waals surface area contributed by atoms with Gasteiger partial charge in [0.2, 0.25) is 5.89 Å². The van der Waals surface area contributed by atoms with Crippen LogP contribution in [0.1, 0.15) is 16.7 Å². The fourth-order valence-corrected chi connectivity index (χ4v) is 4.52. The lowest BCUT2D eigenvalue weighted by Crippen LogP contribution is -1.98. The zero-order chi connectivity index (χ0) is 25.1. The summed E-state index contributed by atoms with van der Waals surface area (Å²) in [6, 6.07) is 24.2. The zero-order valence-electron chi connectivity index (χ0n) is 18.6. The zero-order valence-corrected chi connectivity index (χ0v) is 20.2. The molecule has 0 unspecified atom stereocenters. The number of carboxylic acid groups (broad SMARTS) is 1. The van der Waals surface area contributed by atoms with E-state index in [1.807, 2.05) is 42.6 Å². The number of halogens is 1. The number of aliphatic carboxylic acids is 1. The summed E-state index contributed by atoms with van der Waals surface area (Å²) in [4.78, 5) is 12.1. The molecule has 3 aromatic carbocycles. The molecule has 0 aliphatic rings. The van der Waals surface area contributed by atoms with Crippen LogP contribution in [0.3, 0.4) is 0 Å². The highest BCUT2D eigenvalue weighted by molar-refractivity contribution is 8.03. The van der Waals surface area contributed by atoms with E-state index in [4.69, 9.17) is 21.3 Å². The molecule has 0 saturated heterocycles. The molecule has 0 aliphatic carbocycles. The predicted molar refractivity (Wildman–Crippen MR) is 138 cm³/mol. The summed E-state index contributed by atoms with van der Waals surface area (Å²) < 4.78 is 7.74. The number of hydrogen-bond donors (Lipinski definition) is 1. The van der Waals surface area contributed by atoms with Crippen LogP contribution in [0.15, 0.2) is 93.5 Å². The fourth-order valence-electron chi connectivity index (χ4n) is 3.73. The third-order valence-electron chi connectivity index (χ3n) is 5.45. The van der Waals surface area contributed by atoms with Crippen LogP contribution >= 0.6 is 23.4 Å². The van der Waals surface area contributed by atoms with Gasteiger partial charge in [-0.3, -0.25) is 0 Å². The summed E-state index contributed by atoms with van der Waals surface area (Å²) in [6.07, 6.45) is 3.52. The van der Waals surface area contributed by atoms with E-state index in [1.54, 1.807) is 42.5 Å². The molecule has 0 aliphatic heterocycles. The average Bonchev–Trinajstić information content (AvgIpc) is 3.50. The number of nitriles is 1. The number of thioether (sulfide) groups is 1. The van der Waals surface area contributed by atoms with Crippen molar-refractivity contribution in [2.75, 3.05) is 0 Å². The van der Waals surface area contributed by atoms with Gasteiger partial charge in [-0.1, -0.05) is 41.9 Å². The Labute approximate surface area is 215 Å². The number of hydrogen-bond acceptors (Lipinski definition) is 6. The van der Waals surface area contributed by atoms with Crippen molar-refractivity contribution in [3.05, 3.63) is 106 Å². The highest BCUT2D eigenvalue weighted by Crippen LogP contribution is 2.32. The summed E-state index contributed by atoms with van der Waals surface area (Å²) in [5.74, 6) is -0.826. The number of aromatic nitrogens is 3. The molecule has 0 atom stereocenters. The van der Waals surface area contributed by atoms with Gasteiger partial charge in [0.05, 0.1) is 11.6 Å². The smallest absolute Gasteiger partial charge is 0.342 e. The van der Waals surface area contributed by atoms with Crippen LogP contribution in [0.4, 0.5) is 0 Å². The second-order valence-electron chi connectivity index (χ2n) is 7.83. The van der Waals surface area contributed by atoms with E-state index in [2.05, 4.69) is 20.8 Å². The molecule has 0 saturated carbocycles. The first kappa shape index (κ1) is 23.4. The van der Waals surface area contributed by atoms with Crippen molar-refractivity contribution < 1.29 is 14.3 Å². The molecule has 0 spiro atoms. The normalized spacial score (nSPS) is 11.5. The predicted octanol–water partition coefficient (Wildman–Crippen LogP) is 6.48. The Morgan fingerprint density at radius 2 is 1.83 bits per heavy atom. The van der Waals surface area contributed by atoms with Crippen LogP contribution in [0, 0.1) is 11.3 Å². The Morgan fingerprint density at radius 1 is 1.08 bits per heavy atom. The maximum atomic E-state index is 12.1. The van der Waals surface area contributed by atoms with Crippen LogP contribution in [-0.4, -0.2) is 25.8 Å². The molecule has 0 amide bonds. The van der Waals surface area contributed by atoms with E-state index < -0.39 is 5.97 Å². The van der Waals surface area contributed by atoms with Crippen molar-refractivity contribution in [2.24, 2.45) is 0 Å². The highest BCUT2D eigenvalue weighted by atomic mass is 35.5. The Hall–Kier alpha value is -4.32. The Balaban J connectivity index is 1.45. The number of nitrogens with zero attached hydrogens (tertiary/aromatic N) is 4. The monoisotopic (exact) mass is 512 g/mol. The van der Waals surface area contributed by atoms with Crippen LogP contribution in [0.25, 0.3) is 28.4 Å². The second-order valence-corrected chi connectivity index (χ2v) is 9.26. The second kappa shape index (κ2) is 10.1. The summed E-state index contributed by atoms with van der Waals surface area (Å²) in [5.41, 5.74) is 4.03. The van der Waals surface area contributed by atoms with Crippen molar-refractivity contribution in [2.45, 2.75) is 11.8 Å². The Bertz CT molecular complexity index is 1630. The standard InChI is InChI=1S/C27H17ClN4O3S/c28-21-11-9-19(10-12-21)25-30-31-27(35-25)36-24(26(33)34)13-20-16-32(23-4-2-1-3-22(20)23)15-18-7-5-17(14-29)6-8-18/h1-13,16H,15H2,(H,33,34)/b24-13-. The Morgan fingerprint density at radius 3 is 2.56 bits per heavy atom. The van der Waals surface area contributed by atoms with Gasteiger partial charge in [-0.05, 0) is 65.9 Å². The van der Waals surface area contributed by atoms with E-state index in [0.717, 1.165) is 33.8 Å². The molecular weight excluding hydrogens is 496 g/mol. The number of para-hydroxylation sites is 1. The Kier molecular flexibility index (Phi) is 6.58. The fraction of sp³-hybridized carbons (Fsp3) is 0.0370. The molecular formula is C27H17ClN4O3S. The highest BCUT2D eigenvalue weighted by Gasteiger charge is 2.17. The van der Waals surface area contributed by atoms with Crippen LogP contribution < -0.4 is 0 Å². The minimum atomic E-state index is -1.10. The van der Waals surface area contributed by atoms with Gasteiger partial charge in [0, 0.05) is 39.8 Å². The largest absolute Gasteiger partial charge is 0.477 e. The van der Waals surface area contributed by atoms with Gasteiger partial charge >= 0.3 is 5.97 Å². The van der Waals surface area contributed by atoms with Gasteiger partial charge in [-0.25, -0.2) is 4.79 Å². The molecule has 7 nitrogen and oxygen atoms in total. The van der Waals surface area contributed by atoms with Crippen molar-refractivity contribution in [1.29, 1.82) is 5.26 Å². The van der Waals surface area contributed by atoms with E-state index in [0.29, 0.717) is 22.7 Å². The van der Waals surface area contributed by atoms with Gasteiger partial charge in [0.15, 0.2) is 0 Å². The van der Waals surface area contributed by atoms with E-state index in [-0.39, 0.29) is 16.0 Å². The van der Waals surface area contributed by atoms with Crippen molar-refractivity contribution >= 4 is 46.3 Å². The molecule has 36 heavy (non-hydrogen) atoms. The topological polar surface area (TPSA) is 105 Å². The average molecular weight is 513 g/mol. The van der Waals surface area contributed by atoms with Gasteiger partial charge in [0.25, 0.3) is 5.22 Å². The van der Waals surface area contributed by atoms with Gasteiger partial charge in [0.1, 0.15) is 4.91 Å². The first-order chi connectivity index (χ1) is 17.5. The molecule has 0 bridgehead atoms. The molecule has 5 rings (SSSR count). The minimum Gasteiger partial charge on any atom is -0.477 e. The van der Waals surface area contributed by atoms with E-state index >= 15 is 0 Å². The molecule has 2 heterocycles. The molecule has 1 N–H and O–H groups in total. The van der Waals surface area contributed by atoms with Crippen molar-refractivity contribution in [3.8, 4) is 17.5 Å². The molecule has 0 radical (unpaired) electrons. The van der Waals surface area contributed by atoms with Crippen molar-refractivity contribution in [3.63, 3.8) is 0 Å². The maximum absolute atomic E-state index is 12.1. The first-order valence-electron chi connectivity index (χ1n) is 10.8. The summed E-state index contributed by atoms with van der Waals surface area (Å²) in [5, 5.41) is 28.6. The van der Waals surface area contributed by atoms with Crippen LogP contribution in [0.5, 0.6) is 0 Å². The molecule has 0 fully saturated rings. The summed E-state index contributed by atoms with van der Waals surface area (Å²) in [6.45, 7) is 0.573. The molecule has 176 valence electrons.